The minimum atomic E-state index is 0.0275. The van der Waals surface area contributed by atoms with E-state index in [1.54, 1.807) is 12.1 Å². The number of carbonyl (C=O) groups is 1. The maximum Gasteiger partial charge on any atom is 0.255 e. The smallest absolute Gasteiger partial charge is 0.255 e. The van der Waals surface area contributed by atoms with E-state index in [4.69, 9.17) is 5.73 Å². The van der Waals surface area contributed by atoms with Gasteiger partial charge in [-0.2, -0.15) is 0 Å². The van der Waals surface area contributed by atoms with Crippen molar-refractivity contribution in [3.05, 3.63) is 28.2 Å². The molecule has 2 rings (SSSR count). The van der Waals surface area contributed by atoms with Crippen molar-refractivity contribution in [3.63, 3.8) is 0 Å². The molecule has 1 aromatic rings. The molecule has 0 bridgehead atoms. The molecule has 0 unspecified atom stereocenters. The first-order valence-corrected chi connectivity index (χ1v) is 7.92. The Kier molecular flexibility index (Phi) is 4.43. The molecule has 0 heterocycles. The Balaban J connectivity index is 2.09. The zero-order chi connectivity index (χ0) is 14.9. The van der Waals surface area contributed by atoms with E-state index >= 15 is 0 Å². The molecule has 1 saturated carbocycles. The Bertz CT molecular complexity index is 503. The highest BCUT2D eigenvalue weighted by molar-refractivity contribution is 9.10. The number of anilines is 1. The molecule has 0 spiro atoms. The predicted octanol–water partition coefficient (Wildman–Crippen LogP) is 4.07. The summed E-state index contributed by atoms with van der Waals surface area (Å²) in [5, 5.41) is 0. The number of amides is 1. The molecular weight excluding hydrogens is 316 g/mol. The molecule has 3 nitrogen and oxygen atoms in total. The van der Waals surface area contributed by atoms with Crippen molar-refractivity contribution in [2.45, 2.75) is 45.6 Å². The third-order valence-electron chi connectivity index (χ3n) is 4.42. The van der Waals surface area contributed by atoms with E-state index < -0.39 is 0 Å². The number of nitrogens with two attached hydrogens (primary N) is 1. The standard InChI is InChI=1S/C16H23BrN2O/c1-16(2)8-6-12(7-9-16)19(3)15(20)13-5-4-11(17)10-14(13)18/h4-5,10,12H,6-9,18H2,1-3H3. The number of hydrogen-bond donors (Lipinski definition) is 1. The fraction of sp³-hybridized carbons (Fsp3) is 0.562. The summed E-state index contributed by atoms with van der Waals surface area (Å²) in [7, 11) is 1.90. The molecule has 0 saturated heterocycles. The molecular formula is C16H23BrN2O. The van der Waals surface area contributed by atoms with E-state index in [0.29, 0.717) is 22.7 Å². The quantitative estimate of drug-likeness (QED) is 0.826. The van der Waals surface area contributed by atoms with E-state index in [2.05, 4.69) is 29.8 Å². The highest BCUT2D eigenvalue weighted by atomic mass is 79.9. The molecule has 1 aliphatic rings. The minimum Gasteiger partial charge on any atom is -0.398 e. The number of halogens is 1. The first-order valence-electron chi connectivity index (χ1n) is 7.12. The van der Waals surface area contributed by atoms with Crippen LogP contribution in [0, 0.1) is 5.41 Å². The van der Waals surface area contributed by atoms with Crippen LogP contribution in [0.1, 0.15) is 49.9 Å². The number of nitrogens with zero attached hydrogens (tertiary/aromatic N) is 1. The van der Waals surface area contributed by atoms with Gasteiger partial charge in [-0.05, 0) is 49.3 Å². The summed E-state index contributed by atoms with van der Waals surface area (Å²) in [4.78, 5) is 14.4. The summed E-state index contributed by atoms with van der Waals surface area (Å²) < 4.78 is 0.897. The third kappa shape index (κ3) is 3.35. The van der Waals surface area contributed by atoms with E-state index in [1.165, 1.54) is 12.8 Å². The van der Waals surface area contributed by atoms with E-state index in [1.807, 2.05) is 18.0 Å². The Morgan fingerprint density at radius 3 is 2.50 bits per heavy atom. The topological polar surface area (TPSA) is 46.3 Å². The summed E-state index contributed by atoms with van der Waals surface area (Å²) in [6.07, 6.45) is 4.49. The van der Waals surface area contributed by atoms with Crippen LogP contribution in [0.15, 0.2) is 22.7 Å². The SMILES string of the molecule is CN(C(=O)c1ccc(Br)cc1N)C1CCC(C)(C)CC1. The van der Waals surface area contributed by atoms with Gasteiger partial charge in [-0.15, -0.1) is 0 Å². The van der Waals surface area contributed by atoms with E-state index in [0.717, 1.165) is 17.3 Å². The number of nitrogen functional groups attached to an aromatic ring is 1. The summed E-state index contributed by atoms with van der Waals surface area (Å²) in [5.41, 5.74) is 7.50. The third-order valence-corrected chi connectivity index (χ3v) is 4.91. The molecule has 0 atom stereocenters. The van der Waals surface area contributed by atoms with Gasteiger partial charge in [0.1, 0.15) is 0 Å². The highest BCUT2D eigenvalue weighted by Crippen LogP contribution is 2.37. The van der Waals surface area contributed by atoms with Crippen LogP contribution in [0.5, 0.6) is 0 Å². The summed E-state index contributed by atoms with van der Waals surface area (Å²) >= 11 is 3.37. The number of hydrogen-bond acceptors (Lipinski definition) is 2. The van der Waals surface area contributed by atoms with Crippen molar-refractivity contribution in [1.29, 1.82) is 0 Å². The minimum absolute atomic E-state index is 0.0275. The van der Waals surface area contributed by atoms with Gasteiger partial charge in [-0.3, -0.25) is 4.79 Å². The van der Waals surface area contributed by atoms with Gasteiger partial charge in [0.2, 0.25) is 0 Å². The molecule has 1 aromatic carbocycles. The summed E-state index contributed by atoms with van der Waals surface area (Å²) in [5.74, 6) is 0.0275. The van der Waals surface area contributed by atoms with Crippen molar-refractivity contribution in [3.8, 4) is 0 Å². The largest absolute Gasteiger partial charge is 0.398 e. The van der Waals surface area contributed by atoms with Crippen LogP contribution in [0.25, 0.3) is 0 Å². The zero-order valence-electron chi connectivity index (χ0n) is 12.4. The van der Waals surface area contributed by atoms with Crippen LogP contribution in [-0.4, -0.2) is 23.9 Å². The van der Waals surface area contributed by atoms with Gasteiger partial charge in [-0.1, -0.05) is 29.8 Å². The lowest BCUT2D eigenvalue weighted by atomic mass is 9.75. The highest BCUT2D eigenvalue weighted by Gasteiger charge is 2.31. The van der Waals surface area contributed by atoms with Crippen molar-refractivity contribution in [2.75, 3.05) is 12.8 Å². The fourth-order valence-electron chi connectivity index (χ4n) is 2.86. The van der Waals surface area contributed by atoms with Gasteiger partial charge in [0, 0.05) is 23.2 Å². The number of benzene rings is 1. The van der Waals surface area contributed by atoms with Crippen LogP contribution < -0.4 is 5.73 Å². The maximum atomic E-state index is 12.6. The second-order valence-electron chi connectivity index (χ2n) is 6.54. The lowest BCUT2D eigenvalue weighted by Gasteiger charge is -2.38. The Morgan fingerprint density at radius 2 is 1.95 bits per heavy atom. The molecule has 1 amide bonds. The first kappa shape index (κ1) is 15.4. The van der Waals surface area contributed by atoms with Gasteiger partial charge in [0.15, 0.2) is 0 Å². The van der Waals surface area contributed by atoms with E-state index in [9.17, 15) is 4.79 Å². The van der Waals surface area contributed by atoms with Crippen molar-refractivity contribution in [1.82, 2.24) is 4.90 Å². The van der Waals surface area contributed by atoms with Crippen molar-refractivity contribution in [2.24, 2.45) is 5.41 Å². The summed E-state index contributed by atoms with van der Waals surface area (Å²) in [6, 6.07) is 5.77. The normalized spacial score (nSPS) is 18.8. The molecule has 0 radical (unpaired) electrons. The molecule has 20 heavy (non-hydrogen) atoms. The first-order chi connectivity index (χ1) is 9.30. The molecule has 2 N–H and O–H groups in total. The molecule has 1 fully saturated rings. The summed E-state index contributed by atoms with van der Waals surface area (Å²) in [6.45, 7) is 4.61. The monoisotopic (exact) mass is 338 g/mol. The van der Waals surface area contributed by atoms with Crippen LogP contribution in [0.2, 0.25) is 0 Å². The zero-order valence-corrected chi connectivity index (χ0v) is 14.0. The molecule has 0 aliphatic heterocycles. The van der Waals surface area contributed by atoms with Crippen LogP contribution in [0.3, 0.4) is 0 Å². The molecule has 110 valence electrons. The van der Waals surface area contributed by atoms with Gasteiger partial charge in [0.25, 0.3) is 5.91 Å². The molecule has 1 aliphatic carbocycles. The number of rotatable bonds is 2. The van der Waals surface area contributed by atoms with Crippen molar-refractivity contribution >= 4 is 27.5 Å². The van der Waals surface area contributed by atoms with Gasteiger partial charge in [-0.25, -0.2) is 0 Å². The van der Waals surface area contributed by atoms with Crippen LogP contribution in [0.4, 0.5) is 5.69 Å². The van der Waals surface area contributed by atoms with Gasteiger partial charge < -0.3 is 10.6 Å². The van der Waals surface area contributed by atoms with Gasteiger partial charge in [0.05, 0.1) is 5.56 Å². The molecule has 0 aromatic heterocycles. The average molecular weight is 339 g/mol. The lowest BCUT2D eigenvalue weighted by molar-refractivity contribution is 0.0636. The lowest BCUT2D eigenvalue weighted by Crippen LogP contribution is -2.41. The fourth-order valence-corrected chi connectivity index (χ4v) is 3.23. The Hall–Kier alpha value is -1.03. The Morgan fingerprint density at radius 1 is 1.35 bits per heavy atom. The predicted molar refractivity (Wildman–Crippen MR) is 86.7 cm³/mol. The number of carbonyl (C=O) groups excluding carboxylic acids is 1. The van der Waals surface area contributed by atoms with Crippen LogP contribution in [-0.2, 0) is 0 Å². The van der Waals surface area contributed by atoms with Crippen LogP contribution >= 0.6 is 15.9 Å². The van der Waals surface area contributed by atoms with E-state index in [-0.39, 0.29) is 5.91 Å². The van der Waals surface area contributed by atoms with Gasteiger partial charge >= 0.3 is 0 Å². The second-order valence-corrected chi connectivity index (χ2v) is 7.46. The van der Waals surface area contributed by atoms with Crippen molar-refractivity contribution < 1.29 is 4.79 Å². The molecule has 4 heteroatoms. The average Bonchev–Trinajstić information content (AvgIpc) is 2.37. The maximum absolute atomic E-state index is 12.6. The second kappa shape index (κ2) is 5.76. The Labute approximate surface area is 129 Å².